The Labute approximate surface area is 100.0 Å². The van der Waals surface area contributed by atoms with E-state index in [1.54, 1.807) is 7.11 Å². The topological polar surface area (TPSA) is 27.7 Å². The highest BCUT2D eigenvalue weighted by molar-refractivity contribution is 14.1. The van der Waals surface area contributed by atoms with Gasteiger partial charge in [0.2, 0.25) is 0 Å². The molecule has 1 heterocycles. The largest absolute Gasteiger partial charge is 0.382 e. The zero-order valence-corrected chi connectivity index (χ0v) is 11.0. The SMILES string of the molecule is BC1OC2(COC)CC(C)C1C2OI. The van der Waals surface area contributed by atoms with Gasteiger partial charge in [0.15, 0.2) is 0 Å². The second-order valence-electron chi connectivity index (χ2n) is 4.59. The van der Waals surface area contributed by atoms with Crippen LogP contribution >= 0.6 is 23.0 Å². The van der Waals surface area contributed by atoms with E-state index in [0.717, 1.165) is 6.42 Å². The molecule has 2 bridgehead atoms. The molecule has 0 aromatic rings. The number of hydrogen-bond donors (Lipinski definition) is 0. The Bertz CT molecular complexity index is 214. The zero-order valence-electron chi connectivity index (χ0n) is 8.83. The molecule has 1 aliphatic heterocycles. The molecule has 0 radical (unpaired) electrons. The normalized spacial score (nSPS) is 51.4. The first-order chi connectivity index (χ1) is 6.64. The summed E-state index contributed by atoms with van der Waals surface area (Å²) in [7, 11) is 3.86. The molecule has 2 rings (SSSR count). The Morgan fingerprint density at radius 2 is 2.36 bits per heavy atom. The van der Waals surface area contributed by atoms with Crippen LogP contribution in [0.1, 0.15) is 13.3 Å². The predicted molar refractivity (Wildman–Crippen MR) is 64.2 cm³/mol. The van der Waals surface area contributed by atoms with Crippen molar-refractivity contribution in [3.05, 3.63) is 0 Å². The molecule has 1 aliphatic carbocycles. The van der Waals surface area contributed by atoms with Crippen LogP contribution in [-0.4, -0.2) is 39.3 Å². The fraction of sp³-hybridized carbons (Fsp3) is 1.00. The third-order valence-corrected chi connectivity index (χ3v) is 4.19. The first kappa shape index (κ1) is 11.2. The average molecular weight is 310 g/mol. The van der Waals surface area contributed by atoms with Crippen LogP contribution in [-0.2, 0) is 12.5 Å². The lowest BCUT2D eigenvalue weighted by Crippen LogP contribution is -2.42. The molecule has 14 heavy (non-hydrogen) atoms. The van der Waals surface area contributed by atoms with Crippen molar-refractivity contribution in [2.24, 2.45) is 11.8 Å². The molecule has 80 valence electrons. The van der Waals surface area contributed by atoms with Crippen molar-refractivity contribution in [1.82, 2.24) is 0 Å². The molecule has 5 atom stereocenters. The summed E-state index contributed by atoms with van der Waals surface area (Å²) in [4.78, 5) is 0. The molecule has 2 fully saturated rings. The van der Waals surface area contributed by atoms with Gasteiger partial charge in [-0.3, -0.25) is 0 Å². The van der Waals surface area contributed by atoms with E-state index >= 15 is 0 Å². The summed E-state index contributed by atoms with van der Waals surface area (Å²) in [5.74, 6) is 1.20. The molecule has 2 aliphatic rings. The highest BCUT2D eigenvalue weighted by Gasteiger charge is 2.62. The number of methoxy groups -OCH3 is 1. The molecule has 1 saturated heterocycles. The summed E-state index contributed by atoms with van der Waals surface area (Å²) in [6.07, 6.45) is 1.26. The van der Waals surface area contributed by atoms with Gasteiger partial charge in [0.1, 0.15) is 42.6 Å². The van der Waals surface area contributed by atoms with Gasteiger partial charge in [-0.25, -0.2) is 0 Å². The maximum Gasteiger partial charge on any atom is 0.139 e. The smallest absolute Gasteiger partial charge is 0.139 e. The number of rotatable bonds is 3. The van der Waals surface area contributed by atoms with Gasteiger partial charge < -0.3 is 12.5 Å². The number of fused-ring (bicyclic) bond motifs is 2. The molecule has 0 aromatic carbocycles. The van der Waals surface area contributed by atoms with Crippen LogP contribution < -0.4 is 0 Å². The molecule has 5 unspecified atom stereocenters. The molecular formula is C9H16BIO3. The minimum absolute atomic E-state index is 0.181. The van der Waals surface area contributed by atoms with Gasteiger partial charge in [-0.1, -0.05) is 6.92 Å². The van der Waals surface area contributed by atoms with E-state index in [4.69, 9.17) is 12.5 Å². The van der Waals surface area contributed by atoms with Gasteiger partial charge >= 0.3 is 0 Å². The molecule has 1 saturated carbocycles. The third-order valence-electron chi connectivity index (χ3n) is 3.64. The Morgan fingerprint density at radius 3 is 2.86 bits per heavy atom. The molecule has 0 amide bonds. The van der Waals surface area contributed by atoms with Gasteiger partial charge in [0.25, 0.3) is 0 Å². The minimum atomic E-state index is -0.181. The van der Waals surface area contributed by atoms with Gasteiger partial charge in [-0.2, -0.15) is 0 Å². The third kappa shape index (κ3) is 1.44. The first-order valence-electron chi connectivity index (χ1n) is 5.09. The molecule has 0 N–H and O–H groups in total. The van der Waals surface area contributed by atoms with Crippen molar-refractivity contribution < 1.29 is 12.5 Å². The Kier molecular flexibility index (Phi) is 3.13. The second kappa shape index (κ2) is 3.92. The molecular weight excluding hydrogens is 294 g/mol. The maximum atomic E-state index is 6.01. The maximum absolute atomic E-state index is 6.01. The van der Waals surface area contributed by atoms with E-state index < -0.39 is 0 Å². The summed E-state index contributed by atoms with van der Waals surface area (Å²) >= 11 is 1.99. The fourth-order valence-corrected chi connectivity index (χ4v) is 4.08. The second-order valence-corrected chi connectivity index (χ2v) is 5.10. The highest BCUT2D eigenvalue weighted by atomic mass is 127. The molecule has 3 nitrogen and oxygen atoms in total. The summed E-state index contributed by atoms with van der Waals surface area (Å²) in [6.45, 7) is 2.93. The lowest BCUT2D eigenvalue weighted by Gasteiger charge is -2.32. The Balaban J connectivity index is 2.23. The van der Waals surface area contributed by atoms with Crippen molar-refractivity contribution in [2.45, 2.75) is 31.1 Å². The summed E-state index contributed by atoms with van der Waals surface area (Å²) in [6, 6.07) is 0.300. The van der Waals surface area contributed by atoms with E-state index in [1.165, 1.54) is 0 Å². The van der Waals surface area contributed by atoms with Crippen molar-refractivity contribution >= 4 is 30.9 Å². The lowest BCUT2D eigenvalue weighted by atomic mass is 9.81. The molecule has 0 aromatic heterocycles. The monoisotopic (exact) mass is 310 g/mol. The van der Waals surface area contributed by atoms with Crippen LogP contribution in [0.3, 0.4) is 0 Å². The van der Waals surface area contributed by atoms with Crippen molar-refractivity contribution in [2.75, 3.05) is 13.7 Å². The van der Waals surface area contributed by atoms with Gasteiger partial charge in [-0.15, -0.1) is 0 Å². The van der Waals surface area contributed by atoms with Crippen LogP contribution in [0.2, 0.25) is 0 Å². The first-order valence-corrected chi connectivity index (χ1v) is 5.97. The van der Waals surface area contributed by atoms with Gasteiger partial charge in [0, 0.05) is 19.0 Å². The quantitative estimate of drug-likeness (QED) is 0.569. The van der Waals surface area contributed by atoms with Crippen LogP contribution in [0, 0.1) is 11.8 Å². The summed E-state index contributed by atoms with van der Waals surface area (Å²) in [5.41, 5.74) is -0.181. The molecule has 0 spiro atoms. The standard InChI is InChI=1S/C9H16BIO3/c1-5-3-9(4-12-2)7(14-11)6(5)8(10)13-9/h5-8H,3-4,10H2,1-2H3. The average Bonchev–Trinajstić information content (AvgIpc) is 2.51. The van der Waals surface area contributed by atoms with Gasteiger partial charge in [0.05, 0.1) is 6.61 Å². The van der Waals surface area contributed by atoms with Crippen LogP contribution in [0.15, 0.2) is 0 Å². The van der Waals surface area contributed by atoms with Crippen molar-refractivity contribution in [1.29, 1.82) is 0 Å². The van der Waals surface area contributed by atoms with Gasteiger partial charge in [-0.05, 0) is 12.3 Å². The van der Waals surface area contributed by atoms with Crippen molar-refractivity contribution in [3.63, 3.8) is 0 Å². The Hall–Kier alpha value is 0.675. The lowest BCUT2D eigenvalue weighted by molar-refractivity contribution is -0.104. The zero-order chi connectivity index (χ0) is 10.3. The number of hydrogen-bond acceptors (Lipinski definition) is 3. The number of halogens is 1. The van der Waals surface area contributed by atoms with Crippen LogP contribution in [0.4, 0.5) is 0 Å². The predicted octanol–water partition coefficient (Wildman–Crippen LogP) is 0.752. The van der Waals surface area contributed by atoms with Crippen LogP contribution in [0.5, 0.6) is 0 Å². The Morgan fingerprint density at radius 1 is 1.64 bits per heavy atom. The summed E-state index contributed by atoms with van der Waals surface area (Å²) in [5, 5.41) is 0. The fourth-order valence-electron chi connectivity index (χ4n) is 3.28. The van der Waals surface area contributed by atoms with Crippen LogP contribution in [0.25, 0.3) is 0 Å². The number of ether oxygens (including phenoxy) is 2. The minimum Gasteiger partial charge on any atom is -0.382 e. The van der Waals surface area contributed by atoms with E-state index in [1.807, 2.05) is 23.0 Å². The molecule has 5 heteroatoms. The highest BCUT2D eigenvalue weighted by Crippen LogP contribution is 2.52. The summed E-state index contributed by atoms with van der Waals surface area (Å²) < 4.78 is 16.8. The van der Waals surface area contributed by atoms with Crippen molar-refractivity contribution in [3.8, 4) is 0 Å². The van der Waals surface area contributed by atoms with E-state index in [9.17, 15) is 0 Å². The van der Waals surface area contributed by atoms with E-state index in [2.05, 4.69) is 14.8 Å². The van der Waals surface area contributed by atoms with E-state index in [0.29, 0.717) is 24.4 Å². The van der Waals surface area contributed by atoms with E-state index in [-0.39, 0.29) is 11.7 Å².